The Bertz CT molecular complexity index is 439. The highest BCUT2D eigenvalue weighted by atomic mass is 32.1. The largest absolute Gasteiger partial charge is 0.476 e. The van der Waals surface area contributed by atoms with Crippen LogP contribution in [0.4, 0.5) is 0 Å². The molecule has 5 heteroatoms. The second kappa shape index (κ2) is 7.18. The molecule has 0 amide bonds. The normalized spacial score (nSPS) is 16.4. The first-order valence-electron chi connectivity index (χ1n) is 7.48. The second-order valence-electron chi connectivity index (χ2n) is 6.04. The van der Waals surface area contributed by atoms with Gasteiger partial charge in [0.25, 0.3) is 0 Å². The lowest BCUT2D eigenvalue weighted by Gasteiger charge is -2.28. The van der Waals surface area contributed by atoms with Gasteiger partial charge in [0, 0.05) is 18.0 Å². The van der Waals surface area contributed by atoms with Gasteiger partial charge in [-0.1, -0.05) is 26.7 Å². The van der Waals surface area contributed by atoms with E-state index in [0.717, 1.165) is 18.8 Å². The smallest absolute Gasteiger partial charge is 0.365 e. The summed E-state index contributed by atoms with van der Waals surface area (Å²) < 4.78 is 0. The van der Waals surface area contributed by atoms with E-state index in [1.807, 2.05) is 5.38 Å². The van der Waals surface area contributed by atoms with E-state index in [2.05, 4.69) is 23.7 Å². The van der Waals surface area contributed by atoms with Crippen molar-refractivity contribution in [2.24, 2.45) is 5.92 Å². The molecule has 0 unspecified atom stereocenters. The first-order valence-corrected chi connectivity index (χ1v) is 8.36. The minimum atomic E-state index is -0.921. The maximum Gasteiger partial charge on any atom is 0.365 e. The van der Waals surface area contributed by atoms with Crippen molar-refractivity contribution in [1.82, 2.24) is 9.88 Å². The van der Waals surface area contributed by atoms with Crippen molar-refractivity contribution < 1.29 is 9.90 Å². The molecule has 0 aromatic carbocycles. The Morgan fingerprint density at radius 3 is 2.75 bits per heavy atom. The fourth-order valence-corrected chi connectivity index (χ4v) is 3.42. The number of aromatic carboxylic acids is 1. The van der Waals surface area contributed by atoms with Gasteiger partial charge in [-0.3, -0.25) is 4.90 Å². The Labute approximate surface area is 124 Å². The van der Waals surface area contributed by atoms with Gasteiger partial charge in [0.2, 0.25) is 5.01 Å². The van der Waals surface area contributed by atoms with E-state index < -0.39 is 5.97 Å². The molecule has 1 saturated carbocycles. The van der Waals surface area contributed by atoms with E-state index in [9.17, 15) is 4.79 Å². The molecule has 1 aromatic heterocycles. The number of thiazole rings is 1. The summed E-state index contributed by atoms with van der Waals surface area (Å²) in [7, 11) is 0. The van der Waals surface area contributed by atoms with Crippen LogP contribution >= 0.6 is 11.3 Å². The molecule has 0 radical (unpaired) electrons. The van der Waals surface area contributed by atoms with E-state index in [1.54, 1.807) is 0 Å². The molecule has 1 N–H and O–H groups in total. The first kappa shape index (κ1) is 15.4. The van der Waals surface area contributed by atoms with Crippen LogP contribution in [0.15, 0.2) is 5.38 Å². The second-order valence-corrected chi connectivity index (χ2v) is 6.90. The number of carboxylic acids is 1. The predicted molar refractivity (Wildman–Crippen MR) is 81.2 cm³/mol. The topological polar surface area (TPSA) is 53.4 Å². The van der Waals surface area contributed by atoms with Crippen molar-refractivity contribution in [2.45, 2.75) is 58.5 Å². The summed E-state index contributed by atoms with van der Waals surface area (Å²) in [4.78, 5) is 17.6. The van der Waals surface area contributed by atoms with Crippen LogP contribution in [0, 0.1) is 5.92 Å². The number of carbonyl (C=O) groups is 1. The van der Waals surface area contributed by atoms with Crippen LogP contribution in [0.5, 0.6) is 0 Å². The van der Waals surface area contributed by atoms with Crippen molar-refractivity contribution in [2.75, 3.05) is 6.54 Å². The number of rotatable bonds is 7. The van der Waals surface area contributed by atoms with E-state index >= 15 is 0 Å². The highest BCUT2D eigenvalue weighted by Crippen LogP contribution is 2.26. The zero-order valence-electron chi connectivity index (χ0n) is 12.3. The van der Waals surface area contributed by atoms with Crippen LogP contribution in [0.25, 0.3) is 0 Å². The average molecular weight is 296 g/mol. The molecule has 1 aliphatic carbocycles. The van der Waals surface area contributed by atoms with Crippen molar-refractivity contribution in [3.05, 3.63) is 16.1 Å². The maximum atomic E-state index is 10.9. The van der Waals surface area contributed by atoms with E-state index in [1.165, 1.54) is 43.4 Å². The first-order chi connectivity index (χ1) is 9.56. The SMILES string of the molecule is CC(C)CCN(Cc1csc(C(=O)O)n1)C1CCCC1. The molecule has 112 valence electrons. The van der Waals surface area contributed by atoms with Gasteiger partial charge in [-0.05, 0) is 31.7 Å². The molecule has 1 fully saturated rings. The highest BCUT2D eigenvalue weighted by Gasteiger charge is 2.23. The Morgan fingerprint density at radius 1 is 1.50 bits per heavy atom. The predicted octanol–water partition coefficient (Wildman–Crippen LogP) is 3.63. The molecule has 1 heterocycles. The Hall–Kier alpha value is -0.940. The monoisotopic (exact) mass is 296 g/mol. The van der Waals surface area contributed by atoms with Crippen LogP contribution in [-0.4, -0.2) is 33.5 Å². The number of aromatic nitrogens is 1. The molecule has 0 aliphatic heterocycles. The van der Waals surface area contributed by atoms with Crippen molar-refractivity contribution >= 4 is 17.3 Å². The standard InChI is InChI=1S/C15H24N2O2S/c1-11(2)7-8-17(13-5-3-4-6-13)9-12-10-20-14(16-12)15(18)19/h10-11,13H,3-9H2,1-2H3,(H,18,19). The zero-order chi connectivity index (χ0) is 14.5. The molecular weight excluding hydrogens is 272 g/mol. The minimum Gasteiger partial charge on any atom is -0.476 e. The van der Waals surface area contributed by atoms with Crippen LogP contribution in [-0.2, 0) is 6.54 Å². The summed E-state index contributed by atoms with van der Waals surface area (Å²) in [6, 6.07) is 0.656. The molecule has 1 aliphatic rings. The third-order valence-corrected chi connectivity index (χ3v) is 4.81. The molecule has 0 saturated heterocycles. The number of hydrogen-bond donors (Lipinski definition) is 1. The van der Waals surface area contributed by atoms with Crippen LogP contribution in [0.1, 0.15) is 61.4 Å². The van der Waals surface area contributed by atoms with Crippen LogP contribution in [0.2, 0.25) is 0 Å². The number of nitrogens with zero attached hydrogens (tertiary/aromatic N) is 2. The Kier molecular flexibility index (Phi) is 5.54. The quantitative estimate of drug-likeness (QED) is 0.834. The summed E-state index contributed by atoms with van der Waals surface area (Å²) >= 11 is 1.23. The van der Waals surface area contributed by atoms with Gasteiger partial charge in [0.1, 0.15) is 0 Å². The average Bonchev–Trinajstić information content (AvgIpc) is 3.05. The number of hydrogen-bond acceptors (Lipinski definition) is 4. The van der Waals surface area contributed by atoms with Gasteiger partial charge in [-0.15, -0.1) is 11.3 Å². The van der Waals surface area contributed by atoms with Gasteiger partial charge in [0.05, 0.1) is 5.69 Å². The third-order valence-electron chi connectivity index (χ3n) is 3.93. The molecule has 20 heavy (non-hydrogen) atoms. The molecule has 0 spiro atoms. The van der Waals surface area contributed by atoms with E-state index in [4.69, 9.17) is 5.11 Å². The lowest BCUT2D eigenvalue weighted by molar-refractivity contribution is 0.0696. The molecule has 1 aromatic rings. The van der Waals surface area contributed by atoms with E-state index in [-0.39, 0.29) is 5.01 Å². The van der Waals surface area contributed by atoms with E-state index in [0.29, 0.717) is 12.0 Å². The van der Waals surface area contributed by atoms with Crippen molar-refractivity contribution in [3.63, 3.8) is 0 Å². The molecule has 0 bridgehead atoms. The summed E-state index contributed by atoms with van der Waals surface area (Å²) in [5.41, 5.74) is 0.906. The van der Waals surface area contributed by atoms with Gasteiger partial charge in [-0.2, -0.15) is 0 Å². The Morgan fingerprint density at radius 2 is 2.20 bits per heavy atom. The van der Waals surface area contributed by atoms with Gasteiger partial charge in [-0.25, -0.2) is 9.78 Å². The summed E-state index contributed by atoms with van der Waals surface area (Å²) in [5.74, 6) is -0.222. The lowest BCUT2D eigenvalue weighted by atomic mass is 10.1. The summed E-state index contributed by atoms with van der Waals surface area (Å²) in [6.45, 7) is 6.37. The third kappa shape index (κ3) is 4.28. The van der Waals surface area contributed by atoms with Gasteiger partial charge in [0.15, 0.2) is 0 Å². The fourth-order valence-electron chi connectivity index (χ4n) is 2.77. The lowest BCUT2D eigenvalue weighted by Crippen LogP contribution is -2.34. The molecule has 4 nitrogen and oxygen atoms in total. The molecule has 2 rings (SSSR count). The molecule has 0 atom stereocenters. The van der Waals surface area contributed by atoms with Crippen molar-refractivity contribution in [1.29, 1.82) is 0 Å². The minimum absolute atomic E-state index is 0.204. The Balaban J connectivity index is 1.99. The number of carboxylic acid groups (broad SMARTS) is 1. The van der Waals surface area contributed by atoms with Gasteiger partial charge < -0.3 is 5.11 Å². The highest BCUT2D eigenvalue weighted by molar-refractivity contribution is 7.11. The zero-order valence-corrected chi connectivity index (χ0v) is 13.2. The summed E-state index contributed by atoms with van der Waals surface area (Å²) in [6.07, 6.45) is 6.37. The fraction of sp³-hybridized carbons (Fsp3) is 0.733. The van der Waals surface area contributed by atoms with Gasteiger partial charge >= 0.3 is 5.97 Å². The van der Waals surface area contributed by atoms with Crippen LogP contribution in [0.3, 0.4) is 0 Å². The summed E-state index contributed by atoms with van der Waals surface area (Å²) in [5, 5.41) is 11.0. The maximum absolute atomic E-state index is 10.9. The van der Waals surface area contributed by atoms with Crippen molar-refractivity contribution in [3.8, 4) is 0 Å². The van der Waals surface area contributed by atoms with Crippen LogP contribution < -0.4 is 0 Å². The molecular formula is C15H24N2O2S.